The lowest BCUT2D eigenvalue weighted by atomic mass is 9.79. The van der Waals surface area contributed by atoms with Crippen LogP contribution in [0.5, 0.6) is 0 Å². The Morgan fingerprint density at radius 1 is 0.913 bits per heavy atom. The number of hydrogen-bond donors (Lipinski definition) is 2. The Labute approximate surface area is 136 Å². The Balaban J connectivity index is 1.94. The van der Waals surface area contributed by atoms with Crippen LogP contribution in [0.3, 0.4) is 0 Å². The summed E-state index contributed by atoms with van der Waals surface area (Å²) in [5.74, 6) is 0. The summed E-state index contributed by atoms with van der Waals surface area (Å²) in [6, 6.07) is 15.3. The highest BCUT2D eigenvalue weighted by atomic mass is 15.2. The van der Waals surface area contributed by atoms with Gasteiger partial charge in [0.15, 0.2) is 0 Å². The Morgan fingerprint density at radius 2 is 1.65 bits per heavy atom. The van der Waals surface area contributed by atoms with E-state index in [-0.39, 0.29) is 5.41 Å². The molecule has 0 amide bonds. The van der Waals surface area contributed by atoms with Crippen molar-refractivity contribution in [2.75, 3.05) is 0 Å². The molecule has 4 rings (SSSR count). The summed E-state index contributed by atoms with van der Waals surface area (Å²) in [5.41, 5.74) is 9.02. The maximum Gasteiger partial charge on any atom is 0.0864 e. The van der Waals surface area contributed by atoms with Gasteiger partial charge in [-0.25, -0.2) is 0 Å². The zero-order valence-corrected chi connectivity index (χ0v) is 13.5. The first-order valence-corrected chi connectivity index (χ1v) is 7.93. The lowest BCUT2D eigenvalue weighted by Gasteiger charge is -2.25. The predicted molar refractivity (Wildman–Crippen MR) is 97.4 cm³/mol. The fourth-order valence-corrected chi connectivity index (χ4v) is 3.75. The average Bonchev–Trinajstić information content (AvgIpc) is 2.76. The van der Waals surface area contributed by atoms with Gasteiger partial charge >= 0.3 is 0 Å². The van der Waals surface area contributed by atoms with Crippen molar-refractivity contribution in [3.8, 4) is 22.4 Å². The molecule has 0 spiro atoms. The van der Waals surface area contributed by atoms with Gasteiger partial charge in [-0.2, -0.15) is 0 Å². The third-order valence-corrected chi connectivity index (χ3v) is 4.84. The van der Waals surface area contributed by atoms with Crippen LogP contribution in [-0.2, 0) is 5.41 Å². The largest absolute Gasteiger partial charge is 0.299 e. The monoisotopic (exact) mass is 300 g/mol. The Bertz CT molecular complexity index is 919. The Morgan fingerprint density at radius 3 is 2.39 bits per heavy atom. The van der Waals surface area contributed by atoms with Crippen molar-refractivity contribution in [3.05, 3.63) is 78.0 Å². The van der Waals surface area contributed by atoms with Gasteiger partial charge in [0.2, 0.25) is 0 Å². The van der Waals surface area contributed by atoms with E-state index in [4.69, 9.17) is 0 Å². The van der Waals surface area contributed by atoms with E-state index >= 15 is 0 Å². The maximum absolute atomic E-state index is 3.74. The molecular formula is C21H20N2. The second kappa shape index (κ2) is 4.88. The highest BCUT2D eigenvalue weighted by Crippen LogP contribution is 2.52. The number of allylic oxidation sites excluding steroid dienone is 2. The third-order valence-electron chi connectivity index (χ3n) is 4.84. The molecule has 0 bridgehead atoms. The van der Waals surface area contributed by atoms with E-state index in [0.29, 0.717) is 0 Å². The van der Waals surface area contributed by atoms with Gasteiger partial charge in [0.05, 0.1) is 11.4 Å². The SMILES string of the molecule is C=C/C=C\c1[nH][nH]c1-c1cccc2c1C(C)(C)c1ccccc1-2. The molecule has 2 aromatic carbocycles. The van der Waals surface area contributed by atoms with Crippen molar-refractivity contribution in [1.29, 1.82) is 0 Å². The van der Waals surface area contributed by atoms with E-state index in [9.17, 15) is 0 Å². The van der Waals surface area contributed by atoms with Crippen LogP contribution >= 0.6 is 0 Å². The van der Waals surface area contributed by atoms with Crippen LogP contribution in [0.25, 0.3) is 28.5 Å². The summed E-state index contributed by atoms with van der Waals surface area (Å²) >= 11 is 0. The Hall–Kier alpha value is -2.74. The number of benzene rings is 2. The van der Waals surface area contributed by atoms with Crippen molar-refractivity contribution in [1.82, 2.24) is 10.2 Å². The predicted octanol–water partition coefficient (Wildman–Crippen LogP) is 5.52. The highest BCUT2D eigenvalue weighted by molar-refractivity contribution is 5.88. The second-order valence-electron chi connectivity index (χ2n) is 6.53. The lowest BCUT2D eigenvalue weighted by molar-refractivity contribution is 0.661. The van der Waals surface area contributed by atoms with Crippen molar-refractivity contribution in [3.63, 3.8) is 0 Å². The quantitative estimate of drug-likeness (QED) is 0.597. The van der Waals surface area contributed by atoms with E-state index in [1.54, 1.807) is 6.08 Å². The normalized spacial score (nSPS) is 14.9. The minimum atomic E-state index is 0.0000507. The number of aromatic amines is 2. The summed E-state index contributed by atoms with van der Waals surface area (Å²) in [5, 5.41) is 6.42. The fraction of sp³-hybridized carbons (Fsp3) is 0.143. The standard InChI is InChI=1S/C21H20N2/c1-4-5-13-18-20(23-22-18)16-11-8-10-15-14-9-6-7-12-17(14)21(2,3)19(15)16/h4-13,22-23H,1H2,2-3H3/b13-5-. The molecule has 1 heterocycles. The number of fused-ring (bicyclic) bond motifs is 3. The molecule has 23 heavy (non-hydrogen) atoms. The minimum Gasteiger partial charge on any atom is -0.299 e. The molecule has 0 saturated heterocycles. The molecule has 2 heteroatoms. The van der Waals surface area contributed by atoms with Crippen molar-refractivity contribution >= 4 is 6.08 Å². The third kappa shape index (κ3) is 1.88. The molecule has 1 aromatic heterocycles. The molecule has 0 fully saturated rings. The van der Waals surface area contributed by atoms with Crippen molar-refractivity contribution < 1.29 is 0 Å². The number of aromatic nitrogens is 2. The first kappa shape index (κ1) is 13.9. The molecule has 3 aromatic rings. The first-order valence-electron chi connectivity index (χ1n) is 7.93. The number of hydrogen-bond acceptors (Lipinski definition) is 0. The smallest absolute Gasteiger partial charge is 0.0864 e. The van der Waals surface area contributed by atoms with Gasteiger partial charge in [-0.1, -0.05) is 75.0 Å². The summed E-state index contributed by atoms with van der Waals surface area (Å²) < 4.78 is 0. The molecule has 2 nitrogen and oxygen atoms in total. The lowest BCUT2D eigenvalue weighted by Crippen LogP contribution is -2.17. The molecule has 1 aliphatic carbocycles. The summed E-state index contributed by atoms with van der Waals surface area (Å²) in [6.07, 6.45) is 5.79. The molecule has 2 N–H and O–H groups in total. The van der Waals surface area contributed by atoms with Gasteiger partial charge in [0, 0.05) is 11.0 Å². The van der Waals surface area contributed by atoms with E-state index in [1.807, 2.05) is 12.2 Å². The molecule has 0 unspecified atom stereocenters. The topological polar surface area (TPSA) is 31.6 Å². The van der Waals surface area contributed by atoms with Crippen LogP contribution in [0.15, 0.2) is 61.2 Å². The van der Waals surface area contributed by atoms with Gasteiger partial charge in [-0.3, -0.25) is 10.2 Å². The van der Waals surface area contributed by atoms with Gasteiger partial charge < -0.3 is 0 Å². The summed E-state index contributed by atoms with van der Waals surface area (Å²) in [4.78, 5) is 0. The van der Waals surface area contributed by atoms with E-state index < -0.39 is 0 Å². The minimum absolute atomic E-state index is 0.0000507. The van der Waals surface area contributed by atoms with Crippen molar-refractivity contribution in [2.45, 2.75) is 19.3 Å². The average molecular weight is 300 g/mol. The van der Waals surface area contributed by atoms with Crippen LogP contribution < -0.4 is 0 Å². The molecule has 114 valence electrons. The molecule has 0 radical (unpaired) electrons. The van der Waals surface area contributed by atoms with Gasteiger partial charge in [0.25, 0.3) is 0 Å². The van der Waals surface area contributed by atoms with Crippen LogP contribution in [0.4, 0.5) is 0 Å². The second-order valence-corrected chi connectivity index (χ2v) is 6.53. The van der Waals surface area contributed by atoms with E-state index in [2.05, 4.69) is 73.1 Å². The van der Waals surface area contributed by atoms with E-state index in [1.165, 1.54) is 27.8 Å². The van der Waals surface area contributed by atoms with Crippen LogP contribution in [0, 0.1) is 0 Å². The molecular weight excluding hydrogens is 280 g/mol. The molecule has 1 aliphatic rings. The summed E-state index contributed by atoms with van der Waals surface area (Å²) in [6.45, 7) is 8.36. The van der Waals surface area contributed by atoms with Gasteiger partial charge in [-0.15, -0.1) is 0 Å². The van der Waals surface area contributed by atoms with Crippen LogP contribution in [0.1, 0.15) is 30.7 Å². The highest BCUT2D eigenvalue weighted by Gasteiger charge is 2.37. The van der Waals surface area contributed by atoms with Gasteiger partial charge in [-0.05, 0) is 28.3 Å². The zero-order chi connectivity index (χ0) is 16.0. The zero-order valence-electron chi connectivity index (χ0n) is 13.5. The molecule has 0 atom stereocenters. The van der Waals surface area contributed by atoms with Crippen LogP contribution in [-0.4, -0.2) is 10.2 Å². The van der Waals surface area contributed by atoms with E-state index in [0.717, 1.165) is 11.4 Å². The number of nitrogens with one attached hydrogen (secondary N) is 2. The maximum atomic E-state index is 3.74. The fourth-order valence-electron chi connectivity index (χ4n) is 3.75. The van der Waals surface area contributed by atoms with Crippen molar-refractivity contribution in [2.24, 2.45) is 0 Å². The molecule has 0 aliphatic heterocycles. The molecule has 0 saturated carbocycles. The first-order chi connectivity index (χ1) is 11.1. The number of rotatable bonds is 3. The van der Waals surface area contributed by atoms with Gasteiger partial charge in [0.1, 0.15) is 0 Å². The Kier molecular flexibility index (Phi) is 2.95. The number of H-pyrrole nitrogens is 2. The van der Waals surface area contributed by atoms with Crippen LogP contribution in [0.2, 0.25) is 0 Å². The summed E-state index contributed by atoms with van der Waals surface area (Å²) in [7, 11) is 0.